The van der Waals surface area contributed by atoms with E-state index in [1.54, 1.807) is 19.1 Å². The van der Waals surface area contributed by atoms with Gasteiger partial charge in [0.15, 0.2) is 11.4 Å². The van der Waals surface area contributed by atoms with Crippen LogP contribution in [0.2, 0.25) is 0 Å². The number of anilines is 1. The van der Waals surface area contributed by atoms with Crippen LogP contribution < -0.4 is 31.9 Å². The fourth-order valence-corrected chi connectivity index (χ4v) is 12.4. The molecular weight excluding hydrogens is 1180 g/mol. The summed E-state index contributed by atoms with van der Waals surface area (Å²) >= 11 is 10.7. The molecule has 4 aliphatic rings. The molecule has 4 aliphatic carbocycles. The van der Waals surface area contributed by atoms with E-state index in [2.05, 4.69) is 47.8 Å². The fourth-order valence-electron chi connectivity index (χ4n) is 11.6. The van der Waals surface area contributed by atoms with E-state index in [-0.39, 0.29) is 86.7 Å². The molecule has 5 rings (SSSR count). The molecule has 2 unspecified atom stereocenters. The van der Waals surface area contributed by atoms with Crippen molar-refractivity contribution in [2.24, 2.45) is 28.6 Å². The minimum atomic E-state index is -1.69. The lowest BCUT2D eigenvalue weighted by atomic mass is 9.45. The third-order valence-corrected chi connectivity index (χ3v) is 17.2. The summed E-state index contributed by atoms with van der Waals surface area (Å²) in [6.07, 6.45) is 3.62. The van der Waals surface area contributed by atoms with E-state index < -0.39 is 120 Å². The summed E-state index contributed by atoms with van der Waals surface area (Å²) in [6.45, 7) is 7.71. The average Bonchev–Trinajstić information content (AvgIpc) is 1.70. The van der Waals surface area contributed by atoms with Crippen LogP contribution in [0, 0.1) is 28.6 Å². The lowest BCUT2D eigenvalue weighted by Crippen LogP contribution is -2.69. The van der Waals surface area contributed by atoms with Gasteiger partial charge in [-0.3, -0.25) is 43.2 Å². The van der Waals surface area contributed by atoms with Gasteiger partial charge < -0.3 is 75.3 Å². The van der Waals surface area contributed by atoms with Crippen molar-refractivity contribution in [2.45, 2.75) is 108 Å². The number of carbonyl (C=O) groups is 10. The lowest BCUT2D eigenvalue weighted by molar-refractivity contribution is -0.203. The summed E-state index contributed by atoms with van der Waals surface area (Å²) < 4.78 is 38.6. The zero-order chi connectivity index (χ0) is 60.8. The number of Topliss-reactive ketones (excluding diaryl/α,β-unsaturated/α-hetero) is 1. The molecule has 1 aromatic rings. The zero-order valence-electron chi connectivity index (χ0n) is 47.3. The van der Waals surface area contributed by atoms with Crippen molar-refractivity contribution >= 4 is 92.4 Å². The molecule has 9 atom stereocenters. The summed E-state index contributed by atoms with van der Waals surface area (Å²) in [6, 6.07) is 4.75. The lowest BCUT2D eigenvalue weighted by Gasteiger charge is -2.64. The van der Waals surface area contributed by atoms with Crippen LogP contribution in [0.15, 0.2) is 48.1 Å². The smallest absolute Gasteiger partial charge is 0.407 e. The van der Waals surface area contributed by atoms with Crippen LogP contribution in [0.3, 0.4) is 0 Å². The topological polar surface area (TPSA) is 348 Å². The highest BCUT2D eigenvalue weighted by atomic mass is 79.9. The number of ether oxygens (including phenoxy) is 7. The fraction of sp³-hybridized carbons (Fsp3) is 0.643. The first-order chi connectivity index (χ1) is 39.5. The molecule has 83 heavy (non-hydrogen) atoms. The van der Waals surface area contributed by atoms with Gasteiger partial charge in [-0.25, -0.2) is 4.79 Å². The number of rotatable bonds is 35. The monoisotopic (exact) mass is 1250 g/mol. The van der Waals surface area contributed by atoms with E-state index in [0.29, 0.717) is 64.4 Å². The van der Waals surface area contributed by atoms with Crippen molar-refractivity contribution in [3.63, 3.8) is 0 Å². The van der Waals surface area contributed by atoms with Gasteiger partial charge in [0.2, 0.25) is 35.3 Å². The number of benzene rings is 1. The predicted octanol–water partition coefficient (Wildman–Crippen LogP) is 2.52. The van der Waals surface area contributed by atoms with E-state index in [0.717, 1.165) is 5.57 Å². The number of alkyl halides is 2. The van der Waals surface area contributed by atoms with Gasteiger partial charge in [0, 0.05) is 48.2 Å². The molecule has 0 radical (unpaired) electrons. The molecule has 0 aromatic heterocycles. The van der Waals surface area contributed by atoms with Gasteiger partial charge in [0.25, 0.3) is 0 Å². The first kappa shape index (κ1) is 67.9. The number of amides is 6. The van der Waals surface area contributed by atoms with Crippen molar-refractivity contribution in [3.05, 3.63) is 53.6 Å². The summed E-state index contributed by atoms with van der Waals surface area (Å²) in [5, 5.41) is 36.5. The second-order valence-corrected chi connectivity index (χ2v) is 22.3. The van der Waals surface area contributed by atoms with Gasteiger partial charge in [0.1, 0.15) is 32.5 Å². The molecule has 0 saturated heterocycles. The number of aliphatic hydroxyl groups is 1. The average molecular weight is 1250 g/mol. The van der Waals surface area contributed by atoms with Crippen molar-refractivity contribution < 1.29 is 91.3 Å². The van der Waals surface area contributed by atoms with Crippen LogP contribution in [-0.4, -0.2) is 183 Å². The van der Waals surface area contributed by atoms with Crippen LogP contribution in [0.5, 0.6) is 0 Å². The van der Waals surface area contributed by atoms with E-state index >= 15 is 0 Å². The standard InChI is InChI=1S/C56H78BrClN6O19/c1-5-50(74)83-56(35(2)26-41-40-11-8-37-27-39(65)14-16-53(37,3)55(40,58)43(66)28-54(41,56)4)44(67)33-81-34-62-47(70)30-61-52(76)82-32-36-6-9-38(10-7-36)63-51(75)42(12-13-49(72)73)64-48(71)31-60-45(68)15-18-77-20-22-79-24-25-80-23-21-78-19-17-59-46(69)29-57/h6-7,9-10,14,16,27,35,40-43,66H,5,8,11-13,15,17-26,28-34H2,1-4H3,(H,59,69)(H,60,68)(H,61,76)(H,62,70)(H,63,75)(H,64,71)(H,72,73)/t35-,40?,41?,42-,43-,53-,54-,55-,56-/m0/s1. The first-order valence-corrected chi connectivity index (χ1v) is 29.2. The third kappa shape index (κ3) is 18.1. The number of ketones is 2. The molecular formula is C56H78BrClN6O19. The highest BCUT2D eigenvalue weighted by Crippen LogP contribution is 2.72. The molecule has 3 saturated carbocycles. The molecule has 460 valence electrons. The number of allylic oxidation sites excluding steroid dienone is 4. The number of carbonyl (C=O) groups excluding carboxylic acids is 9. The third-order valence-electron chi connectivity index (χ3n) is 15.8. The number of hydrogen-bond donors (Lipinski definition) is 8. The second kappa shape index (κ2) is 32.4. The highest BCUT2D eigenvalue weighted by Gasteiger charge is 2.76. The Labute approximate surface area is 495 Å². The van der Waals surface area contributed by atoms with Gasteiger partial charge in [-0.1, -0.05) is 67.4 Å². The molecule has 0 bridgehead atoms. The number of fused-ring (bicyclic) bond motifs is 5. The Morgan fingerprint density at radius 3 is 2.10 bits per heavy atom. The van der Waals surface area contributed by atoms with E-state index in [9.17, 15) is 58.2 Å². The number of carboxylic acids is 1. The summed E-state index contributed by atoms with van der Waals surface area (Å²) in [5.41, 5.74) is -1.97. The maximum Gasteiger partial charge on any atom is 0.407 e. The van der Waals surface area contributed by atoms with Crippen LogP contribution in [0.4, 0.5) is 10.5 Å². The van der Waals surface area contributed by atoms with E-state index in [1.165, 1.54) is 30.3 Å². The summed E-state index contributed by atoms with van der Waals surface area (Å²) in [7, 11) is 0. The van der Waals surface area contributed by atoms with Gasteiger partial charge in [-0.05, 0) is 73.8 Å². The molecule has 25 nitrogen and oxygen atoms in total. The predicted molar refractivity (Wildman–Crippen MR) is 300 cm³/mol. The van der Waals surface area contributed by atoms with Crippen LogP contribution >= 0.6 is 27.5 Å². The molecule has 6 amide bonds. The van der Waals surface area contributed by atoms with E-state index in [4.69, 9.17) is 44.8 Å². The number of esters is 1. The van der Waals surface area contributed by atoms with Crippen LogP contribution in [0.25, 0.3) is 0 Å². The van der Waals surface area contributed by atoms with E-state index in [1.807, 2.05) is 20.8 Å². The summed E-state index contributed by atoms with van der Waals surface area (Å²) in [4.78, 5) is 125. The molecule has 3 fully saturated rings. The minimum absolute atomic E-state index is 0.00652. The van der Waals surface area contributed by atoms with Crippen LogP contribution in [-0.2, 0) is 82.9 Å². The van der Waals surface area contributed by atoms with Gasteiger partial charge in [-0.2, -0.15) is 0 Å². The highest BCUT2D eigenvalue weighted by molar-refractivity contribution is 9.09. The maximum atomic E-state index is 14.5. The maximum absolute atomic E-state index is 14.5. The number of alkyl carbamates (subject to hydrolysis) is 1. The zero-order valence-corrected chi connectivity index (χ0v) is 49.6. The van der Waals surface area contributed by atoms with Gasteiger partial charge in [-0.15, -0.1) is 11.6 Å². The minimum Gasteiger partial charge on any atom is -0.481 e. The Morgan fingerprint density at radius 2 is 1.45 bits per heavy atom. The Balaban J connectivity index is 0.973. The van der Waals surface area contributed by atoms with Crippen molar-refractivity contribution in [3.8, 4) is 0 Å². The molecule has 0 heterocycles. The Bertz CT molecular complexity index is 2540. The van der Waals surface area contributed by atoms with Crippen molar-refractivity contribution in [2.75, 3.05) is 96.5 Å². The Morgan fingerprint density at radius 1 is 0.795 bits per heavy atom. The summed E-state index contributed by atoms with van der Waals surface area (Å²) in [5.74, 6) is -6.28. The Kier molecular flexibility index (Phi) is 26.5. The molecule has 8 N–H and O–H groups in total. The number of nitrogens with one attached hydrogen (secondary N) is 6. The van der Waals surface area contributed by atoms with Crippen LogP contribution in [0.1, 0.15) is 84.6 Å². The SMILES string of the molecule is CCC(=O)O[C@]1(C(=O)COCNC(=O)CNC(=O)OCc2ccc(NC(=O)[C@H](CCC(=O)O)NC(=O)CNC(=O)CCOCCOCCOCCOCCNC(=O)CBr)cc2)[C@@H](C)CC2C3CCC4=CC(=O)C=C[C@]4(C)[C@@]3(Cl)[C@@H](O)C[C@@]21C. The normalized spacial score (nSPS) is 25.2. The van der Waals surface area contributed by atoms with Crippen molar-refractivity contribution in [1.29, 1.82) is 0 Å². The quantitative estimate of drug-likeness (QED) is 0.0209. The number of aliphatic hydroxyl groups excluding tert-OH is 1. The molecule has 1 aromatic carbocycles. The molecule has 0 aliphatic heterocycles. The second-order valence-electron chi connectivity index (χ2n) is 21.1. The largest absolute Gasteiger partial charge is 0.481 e. The molecule has 27 heteroatoms. The van der Waals surface area contributed by atoms with Gasteiger partial charge in [0.05, 0.1) is 75.7 Å². The molecule has 0 spiro atoms. The van der Waals surface area contributed by atoms with Crippen molar-refractivity contribution in [1.82, 2.24) is 26.6 Å². The number of aliphatic carboxylic acids is 1. The number of halogens is 2. The van der Waals surface area contributed by atoms with Gasteiger partial charge >= 0.3 is 18.0 Å². The number of carboxylic acid groups (broad SMARTS) is 1. The first-order valence-electron chi connectivity index (χ1n) is 27.7. The Hall–Kier alpha value is -5.87. The number of hydrogen-bond acceptors (Lipinski definition) is 18.